The predicted octanol–water partition coefficient (Wildman–Crippen LogP) is 1.03. The van der Waals surface area contributed by atoms with Crippen LogP contribution < -0.4 is 5.32 Å². The zero-order valence-corrected chi connectivity index (χ0v) is 9.04. The molecule has 2 N–H and O–H groups in total. The molecule has 2 heterocycles. The smallest absolute Gasteiger partial charge is 0.287 e. The molecule has 0 fully saturated rings. The van der Waals surface area contributed by atoms with E-state index < -0.39 is 4.92 Å². The second-order valence-corrected chi connectivity index (χ2v) is 3.40. The van der Waals surface area contributed by atoms with Crippen LogP contribution in [0.15, 0.2) is 18.6 Å². The Morgan fingerprint density at radius 1 is 1.53 bits per heavy atom. The van der Waals surface area contributed by atoms with Crippen molar-refractivity contribution in [1.82, 2.24) is 20.2 Å². The summed E-state index contributed by atoms with van der Waals surface area (Å²) in [6.45, 7) is 2.19. The van der Waals surface area contributed by atoms with Crippen molar-refractivity contribution < 1.29 is 4.92 Å². The Hall–Kier alpha value is -2.51. The van der Waals surface area contributed by atoms with Gasteiger partial charge in [0, 0.05) is 6.07 Å². The van der Waals surface area contributed by atoms with E-state index in [2.05, 4.69) is 25.5 Å². The van der Waals surface area contributed by atoms with Gasteiger partial charge in [0.05, 0.1) is 11.5 Å². The molecule has 0 saturated heterocycles. The summed E-state index contributed by atoms with van der Waals surface area (Å²) in [7, 11) is 0. The van der Waals surface area contributed by atoms with Gasteiger partial charge in [-0.2, -0.15) is 5.10 Å². The highest BCUT2D eigenvalue weighted by molar-refractivity contribution is 5.48. The summed E-state index contributed by atoms with van der Waals surface area (Å²) < 4.78 is 0. The standard InChI is InChI=1S/C9H10N6O2/c1-6-2-7(15(16)17)3-10-9(6)11-4-8-12-5-13-14-8/h2-3,5H,4H2,1H3,(H,10,11)(H,12,13,14). The van der Waals surface area contributed by atoms with Gasteiger partial charge in [0.1, 0.15) is 24.2 Å². The molecule has 2 aromatic heterocycles. The number of rotatable bonds is 4. The molecule has 17 heavy (non-hydrogen) atoms. The lowest BCUT2D eigenvalue weighted by Gasteiger charge is -2.05. The number of aryl methyl sites for hydroxylation is 1. The quantitative estimate of drug-likeness (QED) is 0.603. The van der Waals surface area contributed by atoms with Crippen LogP contribution in [0, 0.1) is 17.0 Å². The van der Waals surface area contributed by atoms with E-state index in [0.717, 1.165) is 0 Å². The first-order valence-corrected chi connectivity index (χ1v) is 4.86. The van der Waals surface area contributed by atoms with E-state index in [9.17, 15) is 10.1 Å². The first kappa shape index (κ1) is 11.0. The average Bonchev–Trinajstić information content (AvgIpc) is 2.80. The molecule has 0 radical (unpaired) electrons. The normalized spacial score (nSPS) is 10.2. The molecular formula is C9H10N6O2. The number of nitro groups is 1. The van der Waals surface area contributed by atoms with E-state index in [4.69, 9.17) is 0 Å². The van der Waals surface area contributed by atoms with Crippen LogP contribution >= 0.6 is 0 Å². The third-order valence-electron chi connectivity index (χ3n) is 2.16. The summed E-state index contributed by atoms with van der Waals surface area (Å²) in [5, 5.41) is 20.0. The van der Waals surface area contributed by atoms with Crippen LogP contribution in [0.25, 0.3) is 0 Å². The second kappa shape index (κ2) is 4.56. The topological polar surface area (TPSA) is 110 Å². The third-order valence-corrected chi connectivity index (χ3v) is 2.16. The summed E-state index contributed by atoms with van der Waals surface area (Å²) in [4.78, 5) is 18.0. The number of nitrogens with one attached hydrogen (secondary N) is 2. The molecular weight excluding hydrogens is 224 g/mol. The van der Waals surface area contributed by atoms with Gasteiger partial charge in [-0.3, -0.25) is 15.2 Å². The lowest BCUT2D eigenvalue weighted by molar-refractivity contribution is -0.385. The van der Waals surface area contributed by atoms with Crippen molar-refractivity contribution in [3.8, 4) is 0 Å². The molecule has 0 unspecified atom stereocenters. The zero-order valence-electron chi connectivity index (χ0n) is 9.04. The highest BCUT2D eigenvalue weighted by Gasteiger charge is 2.09. The maximum absolute atomic E-state index is 10.5. The number of H-pyrrole nitrogens is 1. The minimum atomic E-state index is -0.472. The summed E-state index contributed by atoms with van der Waals surface area (Å²) >= 11 is 0. The molecule has 88 valence electrons. The largest absolute Gasteiger partial charge is 0.363 e. The van der Waals surface area contributed by atoms with E-state index in [0.29, 0.717) is 23.8 Å². The van der Waals surface area contributed by atoms with Crippen molar-refractivity contribution >= 4 is 11.5 Å². The van der Waals surface area contributed by atoms with Crippen molar-refractivity contribution in [2.24, 2.45) is 0 Å². The molecule has 2 aromatic rings. The van der Waals surface area contributed by atoms with E-state index in [1.54, 1.807) is 6.92 Å². The van der Waals surface area contributed by atoms with Crippen molar-refractivity contribution in [1.29, 1.82) is 0 Å². The second-order valence-electron chi connectivity index (χ2n) is 3.40. The predicted molar refractivity (Wildman–Crippen MR) is 59.3 cm³/mol. The summed E-state index contributed by atoms with van der Waals surface area (Å²) in [6.07, 6.45) is 2.63. The average molecular weight is 234 g/mol. The van der Waals surface area contributed by atoms with Gasteiger partial charge in [-0.25, -0.2) is 9.97 Å². The van der Waals surface area contributed by atoms with E-state index >= 15 is 0 Å². The number of pyridine rings is 1. The molecule has 2 rings (SSSR count). The maximum Gasteiger partial charge on any atom is 0.287 e. The minimum absolute atomic E-state index is 0.0206. The van der Waals surface area contributed by atoms with Gasteiger partial charge >= 0.3 is 0 Å². The Kier molecular flexibility index (Phi) is 2.95. The van der Waals surface area contributed by atoms with Gasteiger partial charge in [0.15, 0.2) is 0 Å². The molecule has 8 heteroatoms. The van der Waals surface area contributed by atoms with E-state index in [-0.39, 0.29) is 5.69 Å². The number of hydrogen-bond acceptors (Lipinski definition) is 6. The molecule has 0 aliphatic carbocycles. The van der Waals surface area contributed by atoms with Gasteiger partial charge in [-0.05, 0) is 12.5 Å². The van der Waals surface area contributed by atoms with E-state index in [1.807, 2.05) is 0 Å². The van der Waals surface area contributed by atoms with Crippen molar-refractivity contribution in [3.63, 3.8) is 0 Å². The van der Waals surface area contributed by atoms with Crippen LogP contribution in [-0.2, 0) is 6.54 Å². The Balaban J connectivity index is 2.09. The SMILES string of the molecule is Cc1cc([N+](=O)[O-])cnc1NCc1ncn[nH]1. The molecule has 0 bridgehead atoms. The van der Waals surface area contributed by atoms with Gasteiger partial charge < -0.3 is 5.32 Å². The van der Waals surface area contributed by atoms with Gasteiger partial charge in [0.2, 0.25) is 0 Å². The zero-order chi connectivity index (χ0) is 12.3. The van der Waals surface area contributed by atoms with Crippen LogP contribution in [-0.4, -0.2) is 25.1 Å². The fraction of sp³-hybridized carbons (Fsp3) is 0.222. The first-order chi connectivity index (χ1) is 8.16. The van der Waals surface area contributed by atoms with Gasteiger partial charge in [0.25, 0.3) is 5.69 Å². The maximum atomic E-state index is 10.5. The highest BCUT2D eigenvalue weighted by atomic mass is 16.6. The van der Waals surface area contributed by atoms with Crippen molar-refractivity contribution in [2.45, 2.75) is 13.5 Å². The summed E-state index contributed by atoms with van der Waals surface area (Å²) in [5.41, 5.74) is 0.687. The summed E-state index contributed by atoms with van der Waals surface area (Å²) in [6, 6.07) is 1.47. The van der Waals surface area contributed by atoms with Crippen molar-refractivity contribution in [2.75, 3.05) is 5.32 Å². The van der Waals surface area contributed by atoms with Crippen LogP contribution in [0.1, 0.15) is 11.4 Å². The monoisotopic (exact) mass is 234 g/mol. The number of hydrogen-bond donors (Lipinski definition) is 2. The molecule has 0 spiro atoms. The fourth-order valence-corrected chi connectivity index (χ4v) is 1.33. The Morgan fingerprint density at radius 2 is 2.35 bits per heavy atom. The molecule has 0 saturated carbocycles. The number of anilines is 1. The Morgan fingerprint density at radius 3 is 2.94 bits per heavy atom. The van der Waals surface area contributed by atoms with Crippen LogP contribution in [0.2, 0.25) is 0 Å². The van der Waals surface area contributed by atoms with E-state index in [1.165, 1.54) is 18.6 Å². The molecule has 0 aromatic carbocycles. The van der Waals surface area contributed by atoms with Gasteiger partial charge in [-0.15, -0.1) is 0 Å². The molecule has 0 aliphatic heterocycles. The lowest BCUT2D eigenvalue weighted by atomic mass is 10.2. The van der Waals surface area contributed by atoms with Crippen LogP contribution in [0.4, 0.5) is 11.5 Å². The lowest BCUT2D eigenvalue weighted by Crippen LogP contribution is -2.05. The number of aromatic nitrogens is 4. The summed E-state index contributed by atoms with van der Waals surface area (Å²) in [5.74, 6) is 1.26. The molecule has 0 amide bonds. The molecule has 0 atom stereocenters. The number of nitrogens with zero attached hydrogens (tertiary/aromatic N) is 4. The first-order valence-electron chi connectivity index (χ1n) is 4.86. The highest BCUT2D eigenvalue weighted by Crippen LogP contribution is 2.17. The molecule has 0 aliphatic rings. The Bertz CT molecular complexity index is 524. The molecule has 8 nitrogen and oxygen atoms in total. The number of aromatic amines is 1. The van der Waals surface area contributed by atoms with Crippen LogP contribution in [0.3, 0.4) is 0 Å². The minimum Gasteiger partial charge on any atom is -0.363 e. The third kappa shape index (κ3) is 2.54. The van der Waals surface area contributed by atoms with Crippen molar-refractivity contribution in [3.05, 3.63) is 40.1 Å². The Labute approximate surface area is 96.3 Å². The van der Waals surface area contributed by atoms with Crippen LogP contribution in [0.5, 0.6) is 0 Å². The fourth-order valence-electron chi connectivity index (χ4n) is 1.33. The van der Waals surface area contributed by atoms with Gasteiger partial charge in [-0.1, -0.05) is 0 Å².